The third-order valence-corrected chi connectivity index (χ3v) is 3.68. The van der Waals surface area contributed by atoms with E-state index < -0.39 is 11.8 Å². The maximum absolute atomic E-state index is 13.3. The summed E-state index contributed by atoms with van der Waals surface area (Å²) >= 11 is 0. The summed E-state index contributed by atoms with van der Waals surface area (Å²) in [5.74, 6) is -1.48. The van der Waals surface area contributed by atoms with E-state index in [1.54, 1.807) is 0 Å². The third-order valence-electron chi connectivity index (χ3n) is 3.68. The molecule has 104 valence electrons. The zero-order valence-corrected chi connectivity index (χ0v) is 10.9. The van der Waals surface area contributed by atoms with Crippen LogP contribution in [0.15, 0.2) is 12.1 Å². The van der Waals surface area contributed by atoms with Crippen molar-refractivity contribution in [3.05, 3.63) is 23.5 Å². The molecule has 0 heterocycles. The first-order chi connectivity index (χ1) is 9.00. The lowest BCUT2D eigenvalue weighted by molar-refractivity contribution is 0.0674. The van der Waals surface area contributed by atoms with Crippen molar-refractivity contribution < 1.29 is 19.0 Å². The van der Waals surface area contributed by atoms with E-state index in [1.165, 1.54) is 12.5 Å². The van der Waals surface area contributed by atoms with Gasteiger partial charge in [0.25, 0.3) is 0 Å². The van der Waals surface area contributed by atoms with Crippen LogP contribution in [0.1, 0.15) is 43.0 Å². The van der Waals surface area contributed by atoms with Crippen molar-refractivity contribution in [3.63, 3.8) is 0 Å². The predicted octanol–water partition coefficient (Wildman–Crippen LogP) is 3.06. The number of anilines is 1. The van der Waals surface area contributed by atoms with Gasteiger partial charge in [-0.1, -0.05) is 13.3 Å². The maximum Gasteiger partial charge on any atom is 0.341 e. The Labute approximate surface area is 111 Å². The molecule has 1 fully saturated rings. The maximum atomic E-state index is 13.3. The van der Waals surface area contributed by atoms with E-state index >= 15 is 0 Å². The van der Waals surface area contributed by atoms with Gasteiger partial charge in [0.2, 0.25) is 0 Å². The summed E-state index contributed by atoms with van der Waals surface area (Å²) in [6.45, 7) is 2.08. The highest BCUT2D eigenvalue weighted by atomic mass is 19.1. The summed E-state index contributed by atoms with van der Waals surface area (Å²) in [6.07, 6.45) is 4.14. The van der Waals surface area contributed by atoms with Gasteiger partial charge in [-0.25, -0.2) is 9.18 Å². The molecule has 0 spiro atoms. The van der Waals surface area contributed by atoms with Gasteiger partial charge in [-0.05, 0) is 37.3 Å². The molecule has 2 unspecified atom stereocenters. The third kappa shape index (κ3) is 2.80. The molecule has 1 aromatic rings. The molecule has 0 bridgehead atoms. The molecule has 3 N–H and O–H groups in total. The fourth-order valence-corrected chi connectivity index (χ4v) is 2.51. The number of benzene rings is 1. The van der Waals surface area contributed by atoms with Gasteiger partial charge in [-0.3, -0.25) is 0 Å². The molecule has 4 nitrogen and oxygen atoms in total. The Morgan fingerprint density at radius 2 is 2.11 bits per heavy atom. The van der Waals surface area contributed by atoms with Crippen LogP contribution in [0.25, 0.3) is 0 Å². The van der Waals surface area contributed by atoms with E-state index in [0.717, 1.165) is 25.3 Å². The predicted molar refractivity (Wildman–Crippen MR) is 69.8 cm³/mol. The van der Waals surface area contributed by atoms with Crippen molar-refractivity contribution in [3.8, 4) is 5.75 Å². The highest BCUT2D eigenvalue weighted by molar-refractivity contribution is 5.96. The highest BCUT2D eigenvalue weighted by Crippen LogP contribution is 2.32. The molecule has 2 atom stereocenters. The molecule has 0 radical (unpaired) electrons. The Balaban J connectivity index is 2.29. The van der Waals surface area contributed by atoms with Crippen LogP contribution >= 0.6 is 0 Å². The lowest BCUT2D eigenvalue weighted by atomic mass is 9.88. The van der Waals surface area contributed by atoms with Crippen LogP contribution in [-0.2, 0) is 0 Å². The van der Waals surface area contributed by atoms with E-state index in [4.69, 9.17) is 15.6 Å². The summed E-state index contributed by atoms with van der Waals surface area (Å²) in [6, 6.07) is 2.49. The fraction of sp³-hybridized carbons (Fsp3) is 0.500. The zero-order chi connectivity index (χ0) is 14.0. The molecule has 1 aliphatic carbocycles. The lowest BCUT2D eigenvalue weighted by Crippen LogP contribution is -2.29. The van der Waals surface area contributed by atoms with E-state index in [0.29, 0.717) is 5.92 Å². The molecule has 1 aromatic carbocycles. The highest BCUT2D eigenvalue weighted by Gasteiger charge is 2.26. The van der Waals surface area contributed by atoms with Gasteiger partial charge in [0, 0.05) is 0 Å². The number of nitrogen functional groups attached to an aromatic ring is 1. The Hall–Kier alpha value is -1.78. The van der Waals surface area contributed by atoms with Crippen molar-refractivity contribution in [1.29, 1.82) is 0 Å². The molecular weight excluding hydrogens is 249 g/mol. The quantitative estimate of drug-likeness (QED) is 0.825. The first-order valence-electron chi connectivity index (χ1n) is 6.48. The number of hydrogen-bond acceptors (Lipinski definition) is 3. The number of rotatable bonds is 3. The summed E-state index contributed by atoms with van der Waals surface area (Å²) in [5, 5.41) is 9.14. The molecule has 0 saturated heterocycles. The van der Waals surface area contributed by atoms with Gasteiger partial charge in [-0.15, -0.1) is 0 Å². The minimum atomic E-state index is -1.27. The van der Waals surface area contributed by atoms with E-state index in [9.17, 15) is 9.18 Å². The van der Waals surface area contributed by atoms with Crippen LogP contribution in [-0.4, -0.2) is 17.2 Å². The number of carboxylic acids is 1. The normalized spacial score (nSPS) is 23.1. The van der Waals surface area contributed by atoms with Crippen LogP contribution in [0.2, 0.25) is 0 Å². The smallest absolute Gasteiger partial charge is 0.341 e. The monoisotopic (exact) mass is 267 g/mol. The second kappa shape index (κ2) is 5.47. The summed E-state index contributed by atoms with van der Waals surface area (Å²) < 4.78 is 19.1. The van der Waals surface area contributed by atoms with E-state index in [1.807, 2.05) is 0 Å². The first kappa shape index (κ1) is 13.6. The summed E-state index contributed by atoms with van der Waals surface area (Å²) in [5.41, 5.74) is 4.84. The van der Waals surface area contributed by atoms with Crippen molar-refractivity contribution in [2.75, 3.05) is 5.73 Å². The van der Waals surface area contributed by atoms with Crippen molar-refractivity contribution >= 4 is 11.7 Å². The molecule has 2 rings (SSSR count). The van der Waals surface area contributed by atoms with Gasteiger partial charge in [0.1, 0.15) is 23.2 Å². The fourth-order valence-electron chi connectivity index (χ4n) is 2.51. The average molecular weight is 267 g/mol. The second-order valence-electron chi connectivity index (χ2n) is 5.06. The van der Waals surface area contributed by atoms with Crippen LogP contribution < -0.4 is 10.5 Å². The molecular formula is C14H18FNO3. The number of carboxylic acid groups (broad SMARTS) is 1. The molecule has 1 saturated carbocycles. The van der Waals surface area contributed by atoms with Crippen molar-refractivity contribution in [2.24, 2.45) is 5.92 Å². The number of ether oxygens (including phenoxy) is 1. The Morgan fingerprint density at radius 3 is 2.74 bits per heavy atom. The molecule has 0 aromatic heterocycles. The summed E-state index contributed by atoms with van der Waals surface area (Å²) in [7, 11) is 0. The standard InChI is InChI=1S/C14H18FNO3/c1-8-4-2-3-5-10(8)19-11-7-6-9(15)13(16)12(11)14(17)18/h6-8,10H,2-5,16H2,1H3,(H,17,18). The van der Waals surface area contributed by atoms with Gasteiger partial charge in [0.05, 0.1) is 5.69 Å². The number of nitrogens with two attached hydrogens (primary N) is 1. The number of halogens is 1. The van der Waals surface area contributed by atoms with Crippen LogP contribution in [0.3, 0.4) is 0 Å². The Bertz CT molecular complexity index is 490. The number of hydrogen-bond donors (Lipinski definition) is 2. The minimum absolute atomic E-state index is 0.0308. The zero-order valence-electron chi connectivity index (χ0n) is 10.9. The summed E-state index contributed by atoms with van der Waals surface area (Å²) in [4.78, 5) is 11.2. The first-order valence-corrected chi connectivity index (χ1v) is 6.48. The molecule has 0 amide bonds. The lowest BCUT2D eigenvalue weighted by Gasteiger charge is -2.30. The minimum Gasteiger partial charge on any atom is -0.489 e. The number of carbonyl (C=O) groups is 1. The average Bonchev–Trinajstić information content (AvgIpc) is 2.36. The molecule has 1 aliphatic rings. The molecule has 19 heavy (non-hydrogen) atoms. The molecule has 5 heteroatoms. The Kier molecular flexibility index (Phi) is 3.93. The number of aromatic carboxylic acids is 1. The second-order valence-corrected chi connectivity index (χ2v) is 5.06. The van der Waals surface area contributed by atoms with Gasteiger partial charge < -0.3 is 15.6 Å². The largest absolute Gasteiger partial charge is 0.489 e. The molecule has 0 aliphatic heterocycles. The SMILES string of the molecule is CC1CCCCC1Oc1ccc(F)c(N)c1C(=O)O. The van der Waals surface area contributed by atoms with Crippen molar-refractivity contribution in [1.82, 2.24) is 0 Å². The Morgan fingerprint density at radius 1 is 1.42 bits per heavy atom. The topological polar surface area (TPSA) is 72.5 Å². The van der Waals surface area contributed by atoms with Gasteiger partial charge in [-0.2, -0.15) is 0 Å². The van der Waals surface area contributed by atoms with Crippen LogP contribution in [0.4, 0.5) is 10.1 Å². The van der Waals surface area contributed by atoms with E-state index in [-0.39, 0.29) is 23.1 Å². The van der Waals surface area contributed by atoms with Gasteiger partial charge >= 0.3 is 5.97 Å². The van der Waals surface area contributed by atoms with E-state index in [2.05, 4.69) is 6.92 Å². The van der Waals surface area contributed by atoms with Crippen LogP contribution in [0.5, 0.6) is 5.75 Å². The van der Waals surface area contributed by atoms with Crippen molar-refractivity contribution in [2.45, 2.75) is 38.7 Å². The van der Waals surface area contributed by atoms with Crippen LogP contribution in [0, 0.1) is 11.7 Å². The van der Waals surface area contributed by atoms with Gasteiger partial charge in [0.15, 0.2) is 0 Å².